The van der Waals surface area contributed by atoms with Crippen LogP contribution in [0.3, 0.4) is 0 Å². The van der Waals surface area contributed by atoms with Gasteiger partial charge in [-0.1, -0.05) is 6.07 Å². The van der Waals surface area contributed by atoms with Crippen molar-refractivity contribution in [1.29, 1.82) is 0 Å². The molecule has 1 aromatic carbocycles. The highest BCUT2D eigenvalue weighted by Gasteiger charge is 2.51. The molecule has 0 aromatic heterocycles. The first-order valence-electron chi connectivity index (χ1n) is 8.81. The van der Waals surface area contributed by atoms with Crippen molar-refractivity contribution in [2.75, 3.05) is 31.1 Å². The van der Waals surface area contributed by atoms with Crippen LogP contribution in [-0.2, 0) is 15.1 Å². The van der Waals surface area contributed by atoms with Crippen LogP contribution in [-0.4, -0.2) is 44.5 Å². The Labute approximate surface area is 151 Å². The van der Waals surface area contributed by atoms with Gasteiger partial charge in [-0.25, -0.2) is 0 Å². The third kappa shape index (κ3) is 3.21. The van der Waals surface area contributed by atoms with Crippen LogP contribution in [0, 0.1) is 6.92 Å². The van der Waals surface area contributed by atoms with E-state index in [1.54, 1.807) is 0 Å². The van der Waals surface area contributed by atoms with E-state index in [-0.39, 0.29) is 18.3 Å². The first-order chi connectivity index (χ1) is 11.2. The van der Waals surface area contributed by atoms with Crippen molar-refractivity contribution in [3.63, 3.8) is 0 Å². The van der Waals surface area contributed by atoms with Gasteiger partial charge in [-0.3, -0.25) is 0 Å². The quantitative estimate of drug-likeness (QED) is 0.648. The Balaban J connectivity index is 1.97. The molecule has 0 bridgehead atoms. The number of benzene rings is 1. The molecule has 6 heteroatoms. The normalized spacial score (nSPS) is 22.9. The molecular formula is C18H29BN2O2S. The molecule has 2 aliphatic rings. The molecule has 2 fully saturated rings. The van der Waals surface area contributed by atoms with Crippen LogP contribution in [0.25, 0.3) is 0 Å². The summed E-state index contributed by atoms with van der Waals surface area (Å²) in [6.45, 7) is 14.7. The lowest BCUT2D eigenvalue weighted by Gasteiger charge is -2.32. The summed E-state index contributed by atoms with van der Waals surface area (Å²) in [6, 6.07) is 4.44. The number of hydrogen-bond donors (Lipinski definition) is 2. The third-order valence-electron chi connectivity index (χ3n) is 5.66. The first kappa shape index (κ1) is 18.1. The fraction of sp³-hybridized carbons (Fsp3) is 0.667. The number of piperazine rings is 1. The van der Waals surface area contributed by atoms with E-state index in [1.807, 2.05) is 0 Å². The number of nitrogens with zero attached hydrogens (tertiary/aromatic N) is 1. The maximum absolute atomic E-state index is 6.25. The van der Waals surface area contributed by atoms with Crippen molar-refractivity contribution >= 4 is 30.9 Å². The maximum atomic E-state index is 6.25. The Morgan fingerprint density at radius 3 is 2.25 bits per heavy atom. The van der Waals surface area contributed by atoms with Crippen LogP contribution >= 0.6 is 12.6 Å². The summed E-state index contributed by atoms with van der Waals surface area (Å²) >= 11 is 4.54. The molecule has 0 atom stereocenters. The monoisotopic (exact) mass is 348 g/mol. The van der Waals surface area contributed by atoms with Gasteiger partial charge in [0.15, 0.2) is 0 Å². The Morgan fingerprint density at radius 1 is 1.12 bits per heavy atom. The van der Waals surface area contributed by atoms with E-state index in [2.05, 4.69) is 69.6 Å². The van der Waals surface area contributed by atoms with Crippen molar-refractivity contribution in [2.24, 2.45) is 0 Å². The maximum Gasteiger partial charge on any atom is 0.494 e. The summed E-state index contributed by atoms with van der Waals surface area (Å²) in [5.74, 6) is 0.721. The standard InChI is InChI=1S/C18H29BN2O2S/c1-13-14(12-24)10-15(11-16(13)21-8-6-20-7-9-21)19-22-17(2,3)18(4,5)23-19/h10-11,20,24H,6-9,12H2,1-5H3. The highest BCUT2D eigenvalue weighted by atomic mass is 32.1. The van der Waals surface area contributed by atoms with E-state index in [4.69, 9.17) is 9.31 Å². The minimum Gasteiger partial charge on any atom is -0.399 e. The average Bonchev–Trinajstić information content (AvgIpc) is 2.76. The minimum absolute atomic E-state index is 0.321. The van der Waals surface area contributed by atoms with Crippen molar-refractivity contribution in [2.45, 2.75) is 51.6 Å². The second kappa shape index (κ2) is 6.56. The van der Waals surface area contributed by atoms with Gasteiger partial charge in [0, 0.05) is 37.6 Å². The van der Waals surface area contributed by atoms with Crippen LogP contribution < -0.4 is 15.7 Å². The van der Waals surface area contributed by atoms with E-state index < -0.39 is 0 Å². The lowest BCUT2D eigenvalue weighted by molar-refractivity contribution is 0.00578. The fourth-order valence-electron chi connectivity index (χ4n) is 3.30. The molecule has 1 aromatic rings. The van der Waals surface area contributed by atoms with Gasteiger partial charge < -0.3 is 19.5 Å². The molecule has 0 spiro atoms. The topological polar surface area (TPSA) is 33.7 Å². The molecule has 2 saturated heterocycles. The van der Waals surface area contributed by atoms with E-state index in [1.165, 1.54) is 16.8 Å². The summed E-state index contributed by atoms with van der Waals surface area (Å²) < 4.78 is 12.5. The van der Waals surface area contributed by atoms with E-state index in [0.29, 0.717) is 0 Å². The molecule has 0 amide bonds. The molecule has 0 aliphatic carbocycles. The highest BCUT2D eigenvalue weighted by Crippen LogP contribution is 2.37. The molecule has 24 heavy (non-hydrogen) atoms. The Kier molecular flexibility index (Phi) is 4.95. The summed E-state index contributed by atoms with van der Waals surface area (Å²) in [7, 11) is -0.323. The van der Waals surface area contributed by atoms with Crippen LogP contribution in [0.2, 0.25) is 0 Å². The number of nitrogens with one attached hydrogen (secondary N) is 1. The predicted molar refractivity (Wildman–Crippen MR) is 105 cm³/mol. The number of thiol groups is 1. The minimum atomic E-state index is -0.323. The van der Waals surface area contributed by atoms with Crippen molar-refractivity contribution < 1.29 is 9.31 Å². The van der Waals surface area contributed by atoms with Gasteiger partial charge in [-0.2, -0.15) is 12.6 Å². The zero-order chi connectivity index (χ0) is 17.5. The summed E-state index contributed by atoms with van der Waals surface area (Å²) in [5, 5.41) is 3.42. The summed E-state index contributed by atoms with van der Waals surface area (Å²) in [4.78, 5) is 2.45. The van der Waals surface area contributed by atoms with Gasteiger partial charge in [-0.15, -0.1) is 0 Å². The Hall–Kier alpha value is -0.685. The smallest absolute Gasteiger partial charge is 0.399 e. The molecule has 0 radical (unpaired) electrons. The van der Waals surface area contributed by atoms with Crippen molar-refractivity contribution in [3.05, 3.63) is 23.3 Å². The van der Waals surface area contributed by atoms with E-state index >= 15 is 0 Å². The Morgan fingerprint density at radius 2 is 1.71 bits per heavy atom. The third-order valence-corrected chi connectivity index (χ3v) is 6.00. The molecule has 2 heterocycles. The summed E-state index contributed by atoms with van der Waals surface area (Å²) in [5.41, 5.74) is 4.30. The van der Waals surface area contributed by atoms with Crippen molar-refractivity contribution in [3.8, 4) is 0 Å². The molecule has 2 aliphatic heterocycles. The lowest BCUT2D eigenvalue weighted by Crippen LogP contribution is -2.44. The highest BCUT2D eigenvalue weighted by molar-refractivity contribution is 7.79. The van der Waals surface area contributed by atoms with Crippen LogP contribution in [0.15, 0.2) is 12.1 Å². The molecule has 132 valence electrons. The molecule has 4 nitrogen and oxygen atoms in total. The molecular weight excluding hydrogens is 319 g/mol. The largest absolute Gasteiger partial charge is 0.494 e. The van der Waals surface area contributed by atoms with Gasteiger partial charge in [-0.05, 0) is 57.3 Å². The number of hydrogen-bond acceptors (Lipinski definition) is 5. The van der Waals surface area contributed by atoms with Crippen LogP contribution in [0.4, 0.5) is 5.69 Å². The van der Waals surface area contributed by atoms with Gasteiger partial charge in [0.25, 0.3) is 0 Å². The number of anilines is 1. The first-order valence-corrected chi connectivity index (χ1v) is 9.44. The van der Waals surface area contributed by atoms with E-state index in [9.17, 15) is 0 Å². The van der Waals surface area contributed by atoms with Gasteiger partial charge in [0.2, 0.25) is 0 Å². The fourth-order valence-corrected chi connectivity index (χ4v) is 3.62. The zero-order valence-electron chi connectivity index (χ0n) is 15.5. The summed E-state index contributed by atoms with van der Waals surface area (Å²) in [6.07, 6.45) is 0. The van der Waals surface area contributed by atoms with E-state index in [0.717, 1.165) is 37.4 Å². The molecule has 0 saturated carbocycles. The molecule has 0 unspecified atom stereocenters. The van der Waals surface area contributed by atoms with Gasteiger partial charge >= 0.3 is 7.12 Å². The van der Waals surface area contributed by atoms with Gasteiger partial charge in [0.1, 0.15) is 0 Å². The predicted octanol–water partition coefficient (Wildman–Crippen LogP) is 2.13. The molecule has 1 N–H and O–H groups in total. The van der Waals surface area contributed by atoms with Gasteiger partial charge in [0.05, 0.1) is 11.2 Å². The molecule has 3 rings (SSSR count). The zero-order valence-corrected chi connectivity index (χ0v) is 16.4. The van der Waals surface area contributed by atoms with Crippen LogP contribution in [0.1, 0.15) is 38.8 Å². The SMILES string of the molecule is Cc1c(CS)cc(B2OC(C)(C)C(C)(C)O2)cc1N1CCNCC1. The second-order valence-electron chi connectivity index (χ2n) is 7.81. The average molecular weight is 348 g/mol. The van der Waals surface area contributed by atoms with Crippen molar-refractivity contribution in [1.82, 2.24) is 5.32 Å². The van der Waals surface area contributed by atoms with Crippen LogP contribution in [0.5, 0.6) is 0 Å². The number of rotatable bonds is 3. The second-order valence-corrected chi connectivity index (χ2v) is 8.12. The Bertz CT molecular complexity index is 599. The lowest BCUT2D eigenvalue weighted by atomic mass is 9.77.